The van der Waals surface area contributed by atoms with Crippen LogP contribution in [0.1, 0.15) is 5.56 Å². The van der Waals surface area contributed by atoms with Crippen LogP contribution in [0.25, 0.3) is 0 Å². The summed E-state index contributed by atoms with van der Waals surface area (Å²) in [5.74, 6) is -0.0204. The van der Waals surface area contributed by atoms with E-state index in [1.54, 1.807) is 24.3 Å². The highest BCUT2D eigenvalue weighted by atomic mass is 35.5. The Hall–Kier alpha value is -1.56. The maximum atomic E-state index is 12.8. The van der Waals surface area contributed by atoms with Gasteiger partial charge in [0.05, 0.1) is 5.02 Å². The Kier molecular flexibility index (Phi) is 4.42. The summed E-state index contributed by atoms with van der Waals surface area (Å²) in [6, 6.07) is 10.5. The van der Waals surface area contributed by atoms with Crippen LogP contribution in [-0.2, 0) is 6.61 Å². The summed E-state index contributed by atoms with van der Waals surface area (Å²) in [6.07, 6.45) is 0. The van der Waals surface area contributed by atoms with Crippen LogP contribution in [0.3, 0.4) is 0 Å². The predicted octanol–water partition coefficient (Wildman–Crippen LogP) is 1.74. The number of rotatable bonds is 4. The molecular formula is C13H11BClFO3. The topological polar surface area (TPSA) is 49.7 Å². The van der Waals surface area contributed by atoms with Gasteiger partial charge in [-0.3, -0.25) is 0 Å². The van der Waals surface area contributed by atoms with Crippen molar-refractivity contribution in [2.75, 3.05) is 0 Å². The normalized spacial score (nSPS) is 10.3. The van der Waals surface area contributed by atoms with Crippen LogP contribution in [0.4, 0.5) is 4.39 Å². The van der Waals surface area contributed by atoms with Gasteiger partial charge in [-0.2, -0.15) is 0 Å². The number of hydrogen-bond donors (Lipinski definition) is 2. The van der Waals surface area contributed by atoms with Crippen LogP contribution >= 0.6 is 11.6 Å². The summed E-state index contributed by atoms with van der Waals surface area (Å²) < 4.78 is 18.3. The van der Waals surface area contributed by atoms with Crippen LogP contribution in [0.15, 0.2) is 42.5 Å². The van der Waals surface area contributed by atoms with E-state index in [4.69, 9.17) is 26.4 Å². The smallest absolute Gasteiger partial charge is 0.487 e. The molecule has 0 bridgehead atoms. The van der Waals surface area contributed by atoms with Crippen molar-refractivity contribution < 1.29 is 19.2 Å². The van der Waals surface area contributed by atoms with E-state index in [1.807, 2.05) is 0 Å². The fourth-order valence-electron chi connectivity index (χ4n) is 1.54. The van der Waals surface area contributed by atoms with Crippen LogP contribution in [0, 0.1) is 5.82 Å². The van der Waals surface area contributed by atoms with E-state index < -0.39 is 12.9 Å². The van der Waals surface area contributed by atoms with Crippen molar-refractivity contribution in [1.29, 1.82) is 0 Å². The number of ether oxygens (including phenoxy) is 1. The van der Waals surface area contributed by atoms with E-state index in [1.165, 1.54) is 18.2 Å². The first kappa shape index (κ1) is 13.9. The minimum Gasteiger partial charge on any atom is -0.487 e. The quantitative estimate of drug-likeness (QED) is 0.839. The Bertz CT molecular complexity index is 560. The highest BCUT2D eigenvalue weighted by Gasteiger charge is 2.10. The lowest BCUT2D eigenvalue weighted by Crippen LogP contribution is -2.29. The van der Waals surface area contributed by atoms with Gasteiger partial charge in [0.25, 0.3) is 0 Å². The maximum absolute atomic E-state index is 12.8. The average Bonchev–Trinajstić information content (AvgIpc) is 2.38. The number of hydrogen-bond acceptors (Lipinski definition) is 3. The summed E-state index contributed by atoms with van der Waals surface area (Å²) >= 11 is 5.83. The molecule has 2 aromatic rings. The second kappa shape index (κ2) is 6.06. The Balaban J connectivity index is 2.02. The van der Waals surface area contributed by atoms with Crippen LogP contribution in [-0.4, -0.2) is 17.2 Å². The van der Waals surface area contributed by atoms with Crippen molar-refractivity contribution in [3.8, 4) is 5.75 Å². The van der Waals surface area contributed by atoms with Gasteiger partial charge in [-0.25, -0.2) is 4.39 Å². The third-order valence-corrected chi connectivity index (χ3v) is 2.86. The molecule has 0 aliphatic heterocycles. The van der Waals surface area contributed by atoms with Crippen LogP contribution in [0.2, 0.25) is 5.02 Å². The van der Waals surface area contributed by atoms with Gasteiger partial charge < -0.3 is 14.8 Å². The van der Waals surface area contributed by atoms with Gasteiger partial charge in [0.1, 0.15) is 18.2 Å². The fourth-order valence-corrected chi connectivity index (χ4v) is 1.76. The van der Waals surface area contributed by atoms with Gasteiger partial charge in [0.2, 0.25) is 0 Å². The summed E-state index contributed by atoms with van der Waals surface area (Å²) in [5.41, 5.74) is 1.24. The molecular weight excluding hydrogens is 269 g/mol. The molecule has 19 heavy (non-hydrogen) atoms. The molecule has 0 aromatic heterocycles. The van der Waals surface area contributed by atoms with Crippen LogP contribution < -0.4 is 10.2 Å². The molecule has 2 N–H and O–H groups in total. The van der Waals surface area contributed by atoms with Gasteiger partial charge in [0.15, 0.2) is 0 Å². The first-order chi connectivity index (χ1) is 9.06. The van der Waals surface area contributed by atoms with Gasteiger partial charge in [-0.15, -0.1) is 0 Å². The van der Waals surface area contributed by atoms with Crippen molar-refractivity contribution in [3.05, 3.63) is 58.9 Å². The minimum absolute atomic E-state index is 0.211. The molecule has 2 aromatic carbocycles. The molecule has 0 saturated carbocycles. The van der Waals surface area contributed by atoms with E-state index >= 15 is 0 Å². The van der Waals surface area contributed by atoms with Gasteiger partial charge >= 0.3 is 7.12 Å². The predicted molar refractivity (Wildman–Crippen MR) is 72.0 cm³/mol. The molecule has 0 amide bonds. The monoisotopic (exact) mass is 280 g/mol. The van der Waals surface area contributed by atoms with E-state index in [2.05, 4.69) is 0 Å². The van der Waals surface area contributed by atoms with E-state index in [-0.39, 0.29) is 11.6 Å². The van der Waals surface area contributed by atoms with Crippen molar-refractivity contribution in [2.24, 2.45) is 0 Å². The Morgan fingerprint density at radius 2 is 1.79 bits per heavy atom. The lowest BCUT2D eigenvalue weighted by molar-refractivity contribution is 0.306. The minimum atomic E-state index is -1.48. The zero-order valence-corrected chi connectivity index (χ0v) is 10.6. The summed E-state index contributed by atoms with van der Waals surface area (Å²) in [7, 11) is -1.48. The molecule has 0 aliphatic rings. The highest BCUT2D eigenvalue weighted by molar-refractivity contribution is 6.58. The fraction of sp³-hybridized carbons (Fsp3) is 0.0769. The standard InChI is InChI=1S/C13H11BClFO3/c15-12-7-11(16)5-6-13(12)19-8-9-1-3-10(4-2-9)14(17)18/h1-7,17-18H,8H2. The van der Waals surface area contributed by atoms with E-state index in [0.717, 1.165) is 5.56 Å². The molecule has 0 radical (unpaired) electrons. The first-order valence-corrected chi connectivity index (χ1v) is 5.97. The summed E-state index contributed by atoms with van der Waals surface area (Å²) in [6.45, 7) is 0.257. The maximum Gasteiger partial charge on any atom is 0.488 e. The molecule has 0 fully saturated rings. The van der Waals surface area contributed by atoms with E-state index in [9.17, 15) is 4.39 Å². The second-order valence-electron chi connectivity index (χ2n) is 3.98. The number of halogens is 2. The van der Waals surface area contributed by atoms with Crippen LogP contribution in [0.5, 0.6) is 5.75 Å². The van der Waals surface area contributed by atoms with Gasteiger partial charge in [-0.05, 0) is 29.2 Å². The van der Waals surface area contributed by atoms with Gasteiger partial charge in [-0.1, -0.05) is 35.9 Å². The Labute approximate surface area is 115 Å². The Morgan fingerprint density at radius 1 is 1.11 bits per heavy atom. The first-order valence-electron chi connectivity index (χ1n) is 5.59. The molecule has 0 atom stereocenters. The lowest BCUT2D eigenvalue weighted by atomic mass is 9.80. The molecule has 0 aliphatic carbocycles. The molecule has 0 heterocycles. The second-order valence-corrected chi connectivity index (χ2v) is 4.39. The van der Waals surface area contributed by atoms with Crippen molar-refractivity contribution in [1.82, 2.24) is 0 Å². The average molecular weight is 280 g/mol. The van der Waals surface area contributed by atoms with Crippen molar-refractivity contribution in [3.63, 3.8) is 0 Å². The zero-order valence-electron chi connectivity index (χ0n) is 9.88. The molecule has 0 saturated heterocycles. The van der Waals surface area contributed by atoms with Crippen molar-refractivity contribution in [2.45, 2.75) is 6.61 Å². The molecule has 98 valence electrons. The van der Waals surface area contributed by atoms with Gasteiger partial charge in [0, 0.05) is 0 Å². The SMILES string of the molecule is OB(O)c1ccc(COc2ccc(F)cc2Cl)cc1. The third kappa shape index (κ3) is 3.70. The van der Waals surface area contributed by atoms with E-state index in [0.29, 0.717) is 11.2 Å². The lowest BCUT2D eigenvalue weighted by Gasteiger charge is -2.08. The largest absolute Gasteiger partial charge is 0.488 e. The molecule has 3 nitrogen and oxygen atoms in total. The highest BCUT2D eigenvalue weighted by Crippen LogP contribution is 2.25. The summed E-state index contributed by atoms with van der Waals surface area (Å²) in [5, 5.41) is 18.1. The molecule has 0 unspecified atom stereocenters. The third-order valence-electron chi connectivity index (χ3n) is 2.57. The number of benzene rings is 2. The van der Waals surface area contributed by atoms with Crippen molar-refractivity contribution >= 4 is 24.2 Å². The molecule has 6 heteroatoms. The molecule has 0 spiro atoms. The molecule has 2 rings (SSSR count). The summed E-state index contributed by atoms with van der Waals surface area (Å²) in [4.78, 5) is 0. The zero-order chi connectivity index (χ0) is 13.8. The Morgan fingerprint density at radius 3 is 2.37 bits per heavy atom.